The van der Waals surface area contributed by atoms with Gasteiger partial charge in [0.2, 0.25) is 11.8 Å². The molecule has 242 valence electrons. The minimum Gasteiger partial charge on any atom is -0.354 e. The summed E-state index contributed by atoms with van der Waals surface area (Å²) in [4.78, 5) is 29.8. The van der Waals surface area contributed by atoms with Crippen LogP contribution < -0.4 is 9.62 Å². The Balaban J connectivity index is 1.83. The molecule has 0 heterocycles. The molecule has 0 saturated heterocycles. The van der Waals surface area contributed by atoms with Crippen LogP contribution in [0.3, 0.4) is 0 Å². The van der Waals surface area contributed by atoms with E-state index in [1.165, 1.54) is 17.0 Å². The van der Waals surface area contributed by atoms with E-state index in [9.17, 15) is 18.0 Å². The topological polar surface area (TPSA) is 86.8 Å². The fraction of sp³-hybridized carbons (Fsp3) is 0.257. The number of benzene rings is 4. The van der Waals surface area contributed by atoms with Crippen LogP contribution in [0.4, 0.5) is 5.69 Å². The van der Waals surface area contributed by atoms with Crippen molar-refractivity contribution >= 4 is 62.3 Å². The summed E-state index contributed by atoms with van der Waals surface area (Å²) < 4.78 is 29.5. The van der Waals surface area contributed by atoms with E-state index in [2.05, 4.69) is 5.32 Å². The summed E-state index contributed by atoms with van der Waals surface area (Å²) in [5.74, 6) is -0.932. The molecule has 46 heavy (non-hydrogen) atoms. The van der Waals surface area contributed by atoms with E-state index in [0.717, 1.165) is 15.4 Å². The van der Waals surface area contributed by atoms with E-state index >= 15 is 0 Å². The van der Waals surface area contributed by atoms with E-state index in [1.54, 1.807) is 55.5 Å². The Bertz CT molecular complexity index is 1790. The lowest BCUT2D eigenvalue weighted by Gasteiger charge is -2.34. The first-order valence-electron chi connectivity index (χ1n) is 14.8. The summed E-state index contributed by atoms with van der Waals surface area (Å²) in [6.07, 6.45) is 0.900. The molecule has 0 saturated carbocycles. The van der Waals surface area contributed by atoms with Gasteiger partial charge < -0.3 is 10.2 Å². The highest BCUT2D eigenvalue weighted by Gasteiger charge is 2.35. The number of nitrogens with one attached hydrogen (secondary N) is 1. The number of sulfonamides is 1. The summed E-state index contributed by atoms with van der Waals surface area (Å²) in [5, 5.41) is 4.00. The maximum Gasteiger partial charge on any atom is 0.264 e. The van der Waals surface area contributed by atoms with Crippen molar-refractivity contribution in [1.82, 2.24) is 10.2 Å². The molecule has 4 rings (SSSR count). The average Bonchev–Trinajstić information content (AvgIpc) is 3.03. The molecule has 0 aliphatic heterocycles. The second-order valence-electron chi connectivity index (χ2n) is 11.0. The normalized spacial score (nSPS) is 12.0. The highest BCUT2D eigenvalue weighted by atomic mass is 35.5. The predicted octanol–water partition coefficient (Wildman–Crippen LogP) is 7.63. The lowest BCUT2D eigenvalue weighted by Crippen LogP contribution is -2.53. The Labute approximate surface area is 286 Å². The Morgan fingerprint density at radius 3 is 2.15 bits per heavy atom. The number of carbonyl (C=O) groups excluding carboxylic acids is 2. The molecule has 0 radical (unpaired) electrons. The number of nitrogens with zero attached hydrogens (tertiary/aromatic N) is 2. The number of amides is 2. The zero-order valence-corrected chi connectivity index (χ0v) is 28.9. The monoisotopic (exact) mass is 699 g/mol. The van der Waals surface area contributed by atoms with Gasteiger partial charge in [-0.25, -0.2) is 8.42 Å². The summed E-state index contributed by atoms with van der Waals surface area (Å²) in [7, 11) is -4.24. The standard InChI is InChI=1S/C35H36Cl3N3O4S/c1-4-18-39-35(43)33(21-26-8-6-5-7-9-26)40(22-27-12-16-30(37)31(38)20-27)34(42)23-41(32-17-13-28(36)19-25(32)3)46(44,45)29-14-10-24(2)11-15-29/h5-17,19-20,33H,4,18,21-23H2,1-3H3,(H,39,43). The minimum atomic E-state index is -4.24. The zero-order valence-electron chi connectivity index (χ0n) is 25.8. The largest absolute Gasteiger partial charge is 0.354 e. The molecule has 0 aromatic heterocycles. The Morgan fingerprint density at radius 1 is 0.826 bits per heavy atom. The lowest BCUT2D eigenvalue weighted by atomic mass is 10.0. The lowest BCUT2D eigenvalue weighted by molar-refractivity contribution is -0.140. The molecule has 4 aromatic rings. The molecule has 0 spiro atoms. The molecule has 0 bridgehead atoms. The zero-order chi connectivity index (χ0) is 33.4. The van der Waals surface area contributed by atoms with E-state index in [0.29, 0.717) is 44.8 Å². The first-order chi connectivity index (χ1) is 21.9. The van der Waals surface area contributed by atoms with Crippen molar-refractivity contribution in [2.75, 3.05) is 17.4 Å². The van der Waals surface area contributed by atoms with Gasteiger partial charge in [-0.15, -0.1) is 0 Å². The van der Waals surface area contributed by atoms with Crippen LogP contribution >= 0.6 is 34.8 Å². The molecule has 1 atom stereocenters. The third-order valence-corrected chi connectivity index (χ3v) is 10.2. The molecular weight excluding hydrogens is 665 g/mol. The van der Waals surface area contributed by atoms with Crippen LogP contribution in [0.1, 0.15) is 35.6 Å². The van der Waals surface area contributed by atoms with Crippen LogP contribution in [0.15, 0.2) is 95.9 Å². The third-order valence-electron chi connectivity index (χ3n) is 7.47. The molecule has 0 aliphatic rings. The van der Waals surface area contributed by atoms with Crippen molar-refractivity contribution < 1.29 is 18.0 Å². The van der Waals surface area contributed by atoms with Crippen molar-refractivity contribution in [2.45, 2.75) is 51.1 Å². The first kappa shape index (κ1) is 35.3. The molecule has 0 aliphatic carbocycles. The number of hydrogen-bond donors (Lipinski definition) is 1. The van der Waals surface area contributed by atoms with Gasteiger partial charge in [-0.05, 0) is 79.4 Å². The maximum absolute atomic E-state index is 14.6. The SMILES string of the molecule is CCCNC(=O)C(Cc1ccccc1)N(Cc1ccc(Cl)c(Cl)c1)C(=O)CN(c1ccc(Cl)cc1C)S(=O)(=O)c1ccc(C)cc1. The first-order valence-corrected chi connectivity index (χ1v) is 17.4. The van der Waals surface area contributed by atoms with E-state index in [-0.39, 0.29) is 23.8 Å². The molecule has 1 N–H and O–H groups in total. The number of aryl methyl sites for hydroxylation is 2. The van der Waals surface area contributed by atoms with E-state index in [4.69, 9.17) is 34.8 Å². The maximum atomic E-state index is 14.6. The summed E-state index contributed by atoms with van der Waals surface area (Å²) >= 11 is 18.7. The third kappa shape index (κ3) is 8.82. The second-order valence-corrected chi connectivity index (χ2v) is 14.1. The highest BCUT2D eigenvalue weighted by Crippen LogP contribution is 2.30. The van der Waals surface area contributed by atoms with E-state index < -0.39 is 28.5 Å². The van der Waals surface area contributed by atoms with Crippen molar-refractivity contribution in [3.05, 3.63) is 128 Å². The van der Waals surface area contributed by atoms with Crippen LogP contribution in [-0.4, -0.2) is 44.3 Å². The number of carbonyl (C=O) groups is 2. The number of anilines is 1. The van der Waals surface area contributed by atoms with Crippen LogP contribution in [0.5, 0.6) is 0 Å². The number of rotatable bonds is 13. The summed E-state index contributed by atoms with van der Waals surface area (Å²) in [6, 6.07) is 24.6. The van der Waals surface area contributed by atoms with Gasteiger partial charge in [-0.3, -0.25) is 13.9 Å². The number of hydrogen-bond acceptors (Lipinski definition) is 4. The van der Waals surface area contributed by atoms with Gasteiger partial charge in [0.1, 0.15) is 12.6 Å². The van der Waals surface area contributed by atoms with Crippen molar-refractivity contribution in [1.29, 1.82) is 0 Å². The molecular formula is C35H36Cl3N3O4S. The molecule has 11 heteroatoms. The van der Waals surface area contributed by atoms with Gasteiger partial charge in [-0.1, -0.05) is 95.8 Å². The van der Waals surface area contributed by atoms with Crippen LogP contribution in [0, 0.1) is 13.8 Å². The van der Waals surface area contributed by atoms with Gasteiger partial charge in [0.25, 0.3) is 10.0 Å². The number of halogens is 3. The molecule has 0 fully saturated rings. The molecule has 7 nitrogen and oxygen atoms in total. The van der Waals surface area contributed by atoms with Gasteiger partial charge in [-0.2, -0.15) is 0 Å². The van der Waals surface area contributed by atoms with Crippen molar-refractivity contribution in [3.63, 3.8) is 0 Å². The summed E-state index contributed by atoms with van der Waals surface area (Å²) in [6.45, 7) is 5.34. The predicted molar refractivity (Wildman–Crippen MR) is 186 cm³/mol. The highest BCUT2D eigenvalue weighted by molar-refractivity contribution is 7.92. The fourth-order valence-electron chi connectivity index (χ4n) is 5.00. The fourth-order valence-corrected chi connectivity index (χ4v) is 7.03. The van der Waals surface area contributed by atoms with Crippen molar-refractivity contribution in [3.8, 4) is 0 Å². The Morgan fingerprint density at radius 2 is 1.52 bits per heavy atom. The molecule has 1 unspecified atom stereocenters. The average molecular weight is 701 g/mol. The van der Waals surface area contributed by atoms with Crippen LogP contribution in [0.25, 0.3) is 0 Å². The van der Waals surface area contributed by atoms with Gasteiger partial charge in [0.05, 0.1) is 20.6 Å². The van der Waals surface area contributed by atoms with Gasteiger partial charge in [0.15, 0.2) is 0 Å². The second kappa shape index (κ2) is 15.8. The minimum absolute atomic E-state index is 0.0230. The van der Waals surface area contributed by atoms with Crippen molar-refractivity contribution in [2.24, 2.45) is 0 Å². The Hall–Kier alpha value is -3.56. The Kier molecular flexibility index (Phi) is 12.1. The van der Waals surface area contributed by atoms with Gasteiger partial charge in [0, 0.05) is 24.5 Å². The molecule has 2 amide bonds. The van der Waals surface area contributed by atoms with Crippen LogP contribution in [-0.2, 0) is 32.6 Å². The molecule has 4 aromatic carbocycles. The van der Waals surface area contributed by atoms with E-state index in [1.807, 2.05) is 44.2 Å². The smallest absolute Gasteiger partial charge is 0.264 e. The quantitative estimate of drug-likeness (QED) is 0.156. The van der Waals surface area contributed by atoms with Gasteiger partial charge >= 0.3 is 0 Å². The van der Waals surface area contributed by atoms with Crippen LogP contribution in [0.2, 0.25) is 15.1 Å². The summed E-state index contributed by atoms with van der Waals surface area (Å²) in [5.41, 5.74) is 3.21.